The zero-order valence-corrected chi connectivity index (χ0v) is 12.6. The molecule has 2 nitrogen and oxygen atoms in total. The summed E-state index contributed by atoms with van der Waals surface area (Å²) in [5, 5.41) is 0. The van der Waals surface area contributed by atoms with Gasteiger partial charge in [0.05, 0.1) is 5.69 Å². The van der Waals surface area contributed by atoms with Crippen molar-refractivity contribution in [2.75, 3.05) is 6.61 Å². The van der Waals surface area contributed by atoms with E-state index in [4.69, 9.17) is 9.72 Å². The zero-order chi connectivity index (χ0) is 14.1. The molecule has 0 atom stereocenters. The van der Waals surface area contributed by atoms with Crippen molar-refractivity contribution in [3.63, 3.8) is 0 Å². The Hall–Kier alpha value is -1.31. The highest BCUT2D eigenvalue weighted by Gasteiger charge is 2.20. The van der Waals surface area contributed by atoms with E-state index in [-0.39, 0.29) is 0 Å². The predicted octanol–water partition coefficient (Wildman–Crippen LogP) is 5.03. The number of rotatable bonds is 4. The van der Waals surface area contributed by atoms with Crippen LogP contribution in [0.5, 0.6) is 5.75 Å². The molecule has 1 aromatic heterocycles. The molecule has 1 fully saturated rings. The molecule has 1 aliphatic rings. The first-order valence-corrected chi connectivity index (χ1v) is 7.52. The van der Waals surface area contributed by atoms with E-state index in [9.17, 15) is 0 Å². The molecule has 0 N–H and O–H groups in total. The minimum Gasteiger partial charge on any atom is -0.488 e. The van der Waals surface area contributed by atoms with Gasteiger partial charge >= 0.3 is 0 Å². The largest absolute Gasteiger partial charge is 0.488 e. The third-order valence-electron chi connectivity index (χ3n) is 3.37. The van der Waals surface area contributed by atoms with E-state index in [1.165, 1.54) is 32.1 Å². The molecule has 0 bridgehead atoms. The summed E-state index contributed by atoms with van der Waals surface area (Å²) in [7, 11) is 0. The number of pyridine rings is 1. The van der Waals surface area contributed by atoms with Crippen LogP contribution in [0.2, 0.25) is 0 Å². The van der Waals surface area contributed by atoms with E-state index < -0.39 is 0 Å². The van der Waals surface area contributed by atoms with Gasteiger partial charge < -0.3 is 4.74 Å². The van der Waals surface area contributed by atoms with Crippen LogP contribution in [0.4, 0.5) is 0 Å². The van der Waals surface area contributed by atoms with E-state index in [1.54, 1.807) is 6.08 Å². The van der Waals surface area contributed by atoms with Crippen LogP contribution in [0, 0.1) is 6.92 Å². The molecule has 0 spiro atoms. The van der Waals surface area contributed by atoms with E-state index in [0.29, 0.717) is 12.5 Å². The molecule has 0 aliphatic heterocycles. The van der Waals surface area contributed by atoms with Gasteiger partial charge in [-0.2, -0.15) is 0 Å². The summed E-state index contributed by atoms with van der Waals surface area (Å²) in [6.07, 6.45) is 8.29. The highest BCUT2D eigenvalue weighted by Crippen LogP contribution is 2.36. The highest BCUT2D eigenvalue weighted by molar-refractivity contribution is 5.32. The Morgan fingerprint density at radius 1 is 1.26 bits per heavy atom. The van der Waals surface area contributed by atoms with Crippen LogP contribution in [0.1, 0.15) is 63.3 Å². The van der Waals surface area contributed by atoms with Crippen molar-refractivity contribution in [1.82, 2.24) is 4.98 Å². The maximum absolute atomic E-state index is 5.71. The monoisotopic (exact) mass is 261 g/mol. The summed E-state index contributed by atoms with van der Waals surface area (Å²) in [5.74, 6) is 1.53. The van der Waals surface area contributed by atoms with E-state index in [2.05, 4.69) is 12.6 Å². The molecular formula is C17H27NO. The summed E-state index contributed by atoms with van der Waals surface area (Å²) in [5.41, 5.74) is 2.24. The second-order valence-electron chi connectivity index (χ2n) is 4.77. The maximum atomic E-state index is 5.71. The van der Waals surface area contributed by atoms with Gasteiger partial charge in [-0.1, -0.05) is 45.8 Å². The Labute approximate surface area is 117 Å². The van der Waals surface area contributed by atoms with Gasteiger partial charge in [-0.25, -0.2) is 0 Å². The van der Waals surface area contributed by atoms with E-state index >= 15 is 0 Å². The van der Waals surface area contributed by atoms with Crippen LogP contribution in [-0.2, 0) is 0 Å². The van der Waals surface area contributed by atoms with Gasteiger partial charge in [0, 0.05) is 11.6 Å². The fraction of sp³-hybridized carbons (Fsp3) is 0.588. The summed E-state index contributed by atoms with van der Waals surface area (Å²) in [4.78, 5) is 4.69. The summed E-state index contributed by atoms with van der Waals surface area (Å²) in [6.45, 7) is 10.3. The van der Waals surface area contributed by atoms with Crippen molar-refractivity contribution in [2.24, 2.45) is 0 Å². The first kappa shape index (κ1) is 15.7. The minimum atomic E-state index is 0.560. The normalized spacial score (nSPS) is 15.3. The lowest BCUT2D eigenvalue weighted by Gasteiger charge is -2.23. The summed E-state index contributed by atoms with van der Waals surface area (Å²) < 4.78 is 5.71. The molecule has 1 heterocycles. The van der Waals surface area contributed by atoms with Crippen molar-refractivity contribution in [1.29, 1.82) is 0 Å². The molecule has 0 amide bonds. The standard InChI is InChI=1S/C15H21NO.C2H6/c1-3-11-17-14-10-9-12(2)16-15(14)13-7-5-4-6-8-13;1-2/h3,9-10,13H,1,4-8,11H2,2H3;1-2H3. The number of aromatic nitrogens is 1. The quantitative estimate of drug-likeness (QED) is 0.709. The van der Waals surface area contributed by atoms with Crippen molar-refractivity contribution in [3.8, 4) is 5.75 Å². The first-order valence-electron chi connectivity index (χ1n) is 7.52. The van der Waals surface area contributed by atoms with Crippen molar-refractivity contribution in [2.45, 2.75) is 58.8 Å². The van der Waals surface area contributed by atoms with Gasteiger partial charge in [0.15, 0.2) is 0 Å². The second kappa shape index (κ2) is 8.73. The average molecular weight is 261 g/mol. The van der Waals surface area contributed by atoms with E-state index in [0.717, 1.165) is 17.1 Å². The van der Waals surface area contributed by atoms with Gasteiger partial charge in [-0.15, -0.1) is 0 Å². The molecule has 1 aliphatic carbocycles. The van der Waals surface area contributed by atoms with Crippen LogP contribution in [-0.4, -0.2) is 11.6 Å². The predicted molar refractivity (Wildman–Crippen MR) is 81.8 cm³/mol. The van der Waals surface area contributed by atoms with Gasteiger partial charge in [0.25, 0.3) is 0 Å². The Morgan fingerprint density at radius 3 is 2.58 bits per heavy atom. The maximum Gasteiger partial charge on any atom is 0.141 e. The third-order valence-corrected chi connectivity index (χ3v) is 3.37. The SMILES string of the molecule is C=CCOc1ccc(C)nc1C1CCCCC1.CC. The van der Waals surface area contributed by atoms with E-state index in [1.807, 2.05) is 26.8 Å². The molecule has 106 valence electrons. The van der Waals surface area contributed by atoms with Crippen molar-refractivity contribution in [3.05, 3.63) is 36.2 Å². The van der Waals surface area contributed by atoms with Crippen molar-refractivity contribution < 1.29 is 4.74 Å². The molecule has 2 rings (SSSR count). The molecule has 2 heteroatoms. The summed E-state index contributed by atoms with van der Waals surface area (Å²) in [6, 6.07) is 4.07. The number of aryl methyl sites for hydroxylation is 1. The molecule has 19 heavy (non-hydrogen) atoms. The van der Waals surface area contributed by atoms with Gasteiger partial charge in [0.1, 0.15) is 12.4 Å². The van der Waals surface area contributed by atoms with Gasteiger partial charge in [-0.3, -0.25) is 4.98 Å². The molecule has 1 saturated carbocycles. The van der Waals surface area contributed by atoms with Crippen LogP contribution in [0.25, 0.3) is 0 Å². The third kappa shape index (κ3) is 4.70. The number of ether oxygens (including phenoxy) is 1. The van der Waals surface area contributed by atoms with Crippen LogP contribution in [0.3, 0.4) is 0 Å². The fourth-order valence-electron chi connectivity index (χ4n) is 2.50. The van der Waals surface area contributed by atoms with Crippen LogP contribution < -0.4 is 4.74 Å². The van der Waals surface area contributed by atoms with Crippen molar-refractivity contribution >= 4 is 0 Å². The number of hydrogen-bond donors (Lipinski definition) is 0. The fourth-order valence-corrected chi connectivity index (χ4v) is 2.50. The van der Waals surface area contributed by atoms with Crippen LogP contribution in [0.15, 0.2) is 24.8 Å². The molecule has 0 saturated heterocycles. The highest BCUT2D eigenvalue weighted by atomic mass is 16.5. The average Bonchev–Trinajstić information content (AvgIpc) is 2.49. The lowest BCUT2D eigenvalue weighted by atomic mass is 9.86. The Morgan fingerprint density at radius 2 is 1.95 bits per heavy atom. The smallest absolute Gasteiger partial charge is 0.141 e. The Balaban J connectivity index is 0.000000861. The molecule has 0 aromatic carbocycles. The molecular weight excluding hydrogens is 234 g/mol. The molecule has 0 unspecified atom stereocenters. The summed E-state index contributed by atoms with van der Waals surface area (Å²) >= 11 is 0. The Kier molecular flexibility index (Phi) is 7.24. The lowest BCUT2D eigenvalue weighted by molar-refractivity contribution is 0.343. The topological polar surface area (TPSA) is 22.1 Å². The van der Waals surface area contributed by atoms with Crippen LogP contribution >= 0.6 is 0 Å². The molecule has 1 aromatic rings. The zero-order valence-electron chi connectivity index (χ0n) is 12.6. The first-order chi connectivity index (χ1) is 9.31. The minimum absolute atomic E-state index is 0.560. The molecule has 0 radical (unpaired) electrons. The van der Waals surface area contributed by atoms with Gasteiger partial charge in [-0.05, 0) is 31.9 Å². The number of nitrogens with zero attached hydrogens (tertiary/aromatic N) is 1. The Bertz CT molecular complexity index is 381. The lowest BCUT2D eigenvalue weighted by Crippen LogP contribution is -2.10. The number of hydrogen-bond acceptors (Lipinski definition) is 2. The second-order valence-corrected chi connectivity index (χ2v) is 4.77. The van der Waals surface area contributed by atoms with Gasteiger partial charge in [0.2, 0.25) is 0 Å².